The van der Waals surface area contributed by atoms with E-state index in [9.17, 15) is 4.79 Å². The van der Waals surface area contributed by atoms with E-state index in [1.165, 1.54) is 11.1 Å². The third-order valence-corrected chi connectivity index (χ3v) is 8.45. The zero-order valence-electron chi connectivity index (χ0n) is 23.3. The van der Waals surface area contributed by atoms with Gasteiger partial charge >= 0.3 is 0 Å². The van der Waals surface area contributed by atoms with E-state index in [1.807, 2.05) is 12.1 Å². The number of hydrogen-bond donors (Lipinski definition) is 2. The molecule has 7 heteroatoms. The van der Waals surface area contributed by atoms with E-state index in [-0.39, 0.29) is 5.56 Å². The minimum absolute atomic E-state index is 0.112. The highest BCUT2D eigenvalue weighted by atomic mass is 16.5. The van der Waals surface area contributed by atoms with Gasteiger partial charge in [0.15, 0.2) is 0 Å². The van der Waals surface area contributed by atoms with Gasteiger partial charge in [0, 0.05) is 73.8 Å². The number of pyridine rings is 1. The molecular formula is C34H36N4O3. The first kappa shape index (κ1) is 25.9. The third kappa shape index (κ3) is 5.73. The fourth-order valence-corrected chi connectivity index (χ4v) is 6.27. The van der Waals surface area contributed by atoms with Gasteiger partial charge in [-0.2, -0.15) is 0 Å². The van der Waals surface area contributed by atoms with Crippen molar-refractivity contribution in [3.05, 3.63) is 106 Å². The molecule has 0 aliphatic carbocycles. The van der Waals surface area contributed by atoms with E-state index in [4.69, 9.17) is 9.47 Å². The summed E-state index contributed by atoms with van der Waals surface area (Å²) in [6.07, 6.45) is 3.06. The van der Waals surface area contributed by atoms with Gasteiger partial charge in [-0.05, 0) is 54.3 Å². The van der Waals surface area contributed by atoms with Crippen molar-refractivity contribution in [2.45, 2.75) is 31.8 Å². The molecule has 0 saturated carbocycles. The maximum atomic E-state index is 12.6. The molecule has 0 unspecified atom stereocenters. The minimum Gasteiger partial charge on any atom is -0.456 e. The van der Waals surface area contributed by atoms with Crippen LogP contribution < -0.4 is 20.5 Å². The maximum absolute atomic E-state index is 12.6. The van der Waals surface area contributed by atoms with E-state index < -0.39 is 0 Å². The Hall–Kier alpha value is -4.07. The van der Waals surface area contributed by atoms with Crippen molar-refractivity contribution in [2.75, 3.05) is 49.6 Å². The van der Waals surface area contributed by atoms with Crippen LogP contribution in [0.3, 0.4) is 0 Å². The molecule has 2 N–H and O–H groups in total. The van der Waals surface area contributed by atoms with Crippen LogP contribution in [0.2, 0.25) is 0 Å². The summed E-state index contributed by atoms with van der Waals surface area (Å²) < 4.78 is 12.0. The number of rotatable bonds is 6. The largest absolute Gasteiger partial charge is 0.456 e. The Morgan fingerprint density at radius 2 is 1.68 bits per heavy atom. The van der Waals surface area contributed by atoms with Crippen LogP contribution in [0, 0.1) is 0 Å². The van der Waals surface area contributed by atoms with E-state index >= 15 is 0 Å². The fraction of sp³-hybridized carbons (Fsp3) is 0.324. The Morgan fingerprint density at radius 3 is 2.51 bits per heavy atom. The Morgan fingerprint density at radius 1 is 0.854 bits per heavy atom. The summed E-state index contributed by atoms with van der Waals surface area (Å²) in [5, 5.41) is 3.78. The Balaban J connectivity index is 1.05. The third-order valence-electron chi connectivity index (χ3n) is 8.45. The molecule has 7 nitrogen and oxygen atoms in total. The summed E-state index contributed by atoms with van der Waals surface area (Å²) in [7, 11) is 0. The zero-order chi connectivity index (χ0) is 27.6. The molecule has 41 heavy (non-hydrogen) atoms. The highest BCUT2D eigenvalue weighted by molar-refractivity contribution is 5.74. The lowest BCUT2D eigenvalue weighted by Gasteiger charge is -2.33. The van der Waals surface area contributed by atoms with E-state index in [0.717, 1.165) is 91.7 Å². The van der Waals surface area contributed by atoms with Crippen LogP contribution in [0.25, 0.3) is 11.3 Å². The van der Waals surface area contributed by atoms with E-state index in [0.29, 0.717) is 19.3 Å². The van der Waals surface area contributed by atoms with E-state index in [1.54, 1.807) is 6.07 Å². The molecule has 4 aromatic rings. The van der Waals surface area contributed by atoms with Crippen LogP contribution in [-0.4, -0.2) is 55.3 Å². The number of anilines is 2. The highest BCUT2D eigenvalue weighted by Crippen LogP contribution is 2.43. The first-order valence-electron chi connectivity index (χ1n) is 14.7. The number of aromatic nitrogens is 1. The van der Waals surface area contributed by atoms with Gasteiger partial charge in [-0.15, -0.1) is 0 Å². The first-order chi connectivity index (χ1) is 20.2. The van der Waals surface area contributed by atoms with Crippen LogP contribution >= 0.6 is 0 Å². The number of aromatic amines is 1. The van der Waals surface area contributed by atoms with Crippen molar-refractivity contribution in [1.29, 1.82) is 0 Å². The number of morpholine rings is 1. The van der Waals surface area contributed by atoms with Gasteiger partial charge in [0.05, 0.1) is 18.9 Å². The normalized spacial score (nSPS) is 17.4. The fourth-order valence-electron chi connectivity index (χ4n) is 6.27. The Bertz CT molecular complexity index is 1570. The van der Waals surface area contributed by atoms with Crippen molar-refractivity contribution in [3.63, 3.8) is 0 Å². The number of hydrogen-bond acceptors (Lipinski definition) is 6. The van der Waals surface area contributed by atoms with Crippen LogP contribution in [0.15, 0.2) is 83.7 Å². The molecule has 210 valence electrons. The number of benzene rings is 3. The second-order valence-electron chi connectivity index (χ2n) is 11.3. The molecule has 1 aromatic heterocycles. The lowest BCUT2D eigenvalue weighted by Crippen LogP contribution is -2.38. The molecule has 2 fully saturated rings. The van der Waals surface area contributed by atoms with Gasteiger partial charge in [-0.1, -0.05) is 42.5 Å². The Kier molecular flexibility index (Phi) is 7.21. The lowest BCUT2D eigenvalue weighted by molar-refractivity contribution is 0.122. The molecule has 0 atom stereocenters. The highest BCUT2D eigenvalue weighted by Gasteiger charge is 2.24. The predicted molar refractivity (Wildman–Crippen MR) is 163 cm³/mol. The summed E-state index contributed by atoms with van der Waals surface area (Å²) in [5.41, 5.74) is 7.32. The molecule has 2 saturated heterocycles. The summed E-state index contributed by atoms with van der Waals surface area (Å²) >= 11 is 0. The van der Waals surface area contributed by atoms with Gasteiger partial charge in [0.1, 0.15) is 11.5 Å². The van der Waals surface area contributed by atoms with Crippen LogP contribution in [0.1, 0.15) is 29.5 Å². The van der Waals surface area contributed by atoms with Gasteiger partial charge in [-0.3, -0.25) is 9.69 Å². The molecule has 0 bridgehead atoms. The van der Waals surface area contributed by atoms with Gasteiger partial charge in [0.2, 0.25) is 5.56 Å². The molecule has 7 rings (SSSR count). The van der Waals surface area contributed by atoms with Crippen LogP contribution in [0.4, 0.5) is 11.4 Å². The quantitative estimate of drug-likeness (QED) is 0.286. The molecule has 3 aliphatic heterocycles. The van der Waals surface area contributed by atoms with Crippen LogP contribution in [0.5, 0.6) is 11.5 Å². The van der Waals surface area contributed by atoms with Crippen LogP contribution in [-0.2, 0) is 17.7 Å². The number of nitrogens with one attached hydrogen (secondary N) is 2. The summed E-state index contributed by atoms with van der Waals surface area (Å²) in [6, 6.07) is 27.6. The molecule has 0 spiro atoms. The van der Waals surface area contributed by atoms with Crippen molar-refractivity contribution in [1.82, 2.24) is 9.88 Å². The first-order valence-corrected chi connectivity index (χ1v) is 14.7. The number of ether oxygens (including phenoxy) is 2. The van der Waals surface area contributed by atoms with Crippen molar-refractivity contribution in [3.8, 4) is 22.8 Å². The average molecular weight is 549 g/mol. The summed E-state index contributed by atoms with van der Waals surface area (Å²) in [4.78, 5) is 20.4. The van der Waals surface area contributed by atoms with Crippen molar-refractivity contribution in [2.24, 2.45) is 0 Å². The molecular weight excluding hydrogens is 512 g/mol. The Labute approximate surface area is 240 Å². The maximum Gasteiger partial charge on any atom is 0.250 e. The topological polar surface area (TPSA) is 69.8 Å². The molecule has 3 aliphatic rings. The zero-order valence-corrected chi connectivity index (χ0v) is 23.3. The lowest BCUT2D eigenvalue weighted by atomic mass is 9.95. The number of piperidine rings is 1. The number of fused-ring (bicyclic) bond motifs is 2. The second-order valence-corrected chi connectivity index (χ2v) is 11.3. The van der Waals surface area contributed by atoms with Gasteiger partial charge in [-0.25, -0.2) is 0 Å². The number of H-pyrrole nitrogens is 1. The SMILES string of the molecule is O=c1cc(N2CCOCC2)cc(-c2cccc3c2Oc2ccc(NC4CCN(Cc5ccccc5)CC4)cc2C3)[nH]1. The second kappa shape index (κ2) is 11.4. The monoisotopic (exact) mass is 548 g/mol. The van der Waals surface area contributed by atoms with Gasteiger partial charge in [0.25, 0.3) is 0 Å². The number of nitrogens with zero attached hydrogens (tertiary/aromatic N) is 2. The standard InChI is InChI=1S/C34H36N4O3/c39-33-22-29(38-15-17-40-18-16-38)21-31(36-33)30-8-4-7-25-19-26-20-28(9-10-32(26)41-34(25)30)35-27-11-13-37(14-12-27)23-24-5-2-1-3-6-24/h1-10,20-22,27,35H,11-19,23H2,(H,36,39). The number of para-hydroxylation sites is 1. The predicted octanol–water partition coefficient (Wildman–Crippen LogP) is 5.65. The van der Waals surface area contributed by atoms with Crippen molar-refractivity contribution >= 4 is 11.4 Å². The van der Waals surface area contributed by atoms with Crippen molar-refractivity contribution < 1.29 is 9.47 Å². The summed E-state index contributed by atoms with van der Waals surface area (Å²) in [5.74, 6) is 1.70. The minimum atomic E-state index is -0.112. The molecule has 0 amide bonds. The molecule has 4 heterocycles. The van der Waals surface area contributed by atoms with E-state index in [2.05, 4.69) is 80.8 Å². The average Bonchev–Trinajstić information content (AvgIpc) is 3.01. The molecule has 3 aromatic carbocycles. The van der Waals surface area contributed by atoms with Gasteiger partial charge < -0.3 is 24.7 Å². The summed E-state index contributed by atoms with van der Waals surface area (Å²) in [6.45, 7) is 6.14. The molecule has 0 radical (unpaired) electrons. The smallest absolute Gasteiger partial charge is 0.250 e. The number of likely N-dealkylation sites (tertiary alicyclic amines) is 1.